The zero-order valence-electron chi connectivity index (χ0n) is 53.5. The van der Waals surface area contributed by atoms with Crippen molar-refractivity contribution in [3.05, 3.63) is 80.2 Å². The van der Waals surface area contributed by atoms with Gasteiger partial charge in [0.2, 0.25) is 47.4 Å². The van der Waals surface area contributed by atoms with E-state index < -0.39 is 5.95 Å². The lowest BCUT2D eigenvalue weighted by atomic mass is 9.97. The van der Waals surface area contributed by atoms with Crippen LogP contribution in [-0.4, -0.2) is 137 Å². The van der Waals surface area contributed by atoms with Gasteiger partial charge in [0.05, 0.1) is 91.5 Å². The van der Waals surface area contributed by atoms with Crippen molar-refractivity contribution in [3.63, 3.8) is 0 Å². The van der Waals surface area contributed by atoms with E-state index in [1.54, 1.807) is 54.6 Å². The molecule has 7 N–H and O–H groups in total. The van der Waals surface area contributed by atoms with Gasteiger partial charge >= 0.3 is 0 Å². The van der Waals surface area contributed by atoms with Crippen LogP contribution in [0.4, 0.5) is 56.8 Å². The summed E-state index contributed by atoms with van der Waals surface area (Å²) < 4.78 is 36.6. The first kappa shape index (κ1) is 66.8. The number of carbonyl (C=O) groups excluding carboxylic acids is 3. The fourth-order valence-electron chi connectivity index (χ4n) is 10.6. The highest BCUT2D eigenvalue weighted by Crippen LogP contribution is 2.42. The minimum Gasteiger partial charge on any atom is -0.496 e. The lowest BCUT2D eigenvalue weighted by Gasteiger charge is -2.37. The van der Waals surface area contributed by atoms with Crippen molar-refractivity contribution in [3.8, 4) is 23.1 Å². The Kier molecular flexibility index (Phi) is 21.2. The maximum atomic E-state index is 14.7. The maximum absolute atomic E-state index is 14.7. The number of hydrogen-bond donors (Lipinski definition) is 4. The summed E-state index contributed by atoms with van der Waals surface area (Å²) in [6.45, 7) is 29.3. The van der Waals surface area contributed by atoms with Crippen LogP contribution in [0.25, 0.3) is 0 Å². The molecule has 3 aliphatic rings. The molecular formula is C60H83ClFN19O7. The van der Waals surface area contributed by atoms with E-state index in [0.29, 0.717) is 61.7 Å². The molecule has 0 radical (unpaired) electrons. The van der Waals surface area contributed by atoms with E-state index in [4.69, 9.17) is 47.7 Å². The van der Waals surface area contributed by atoms with Crippen LogP contribution in [0, 0.1) is 64.7 Å². The van der Waals surface area contributed by atoms with Gasteiger partial charge in [-0.3, -0.25) is 39.6 Å². The van der Waals surface area contributed by atoms with Gasteiger partial charge in [-0.2, -0.15) is 34.3 Å². The molecule has 9 rings (SSSR count). The Labute approximate surface area is 518 Å². The fourth-order valence-corrected chi connectivity index (χ4v) is 10.9. The number of aryl methyl sites for hydroxylation is 3. The van der Waals surface area contributed by atoms with Gasteiger partial charge in [0.1, 0.15) is 34.3 Å². The Balaban J connectivity index is 0.000000189. The molecule has 26 nitrogen and oxygen atoms in total. The molecule has 28 heteroatoms. The number of rotatable bonds is 17. The zero-order valence-corrected chi connectivity index (χ0v) is 54.3. The second-order valence-electron chi connectivity index (χ2n) is 23.8. The normalized spacial score (nSPS) is 13.9. The molecule has 0 unspecified atom stereocenters. The average Bonchev–Trinajstić information content (AvgIpc) is 0.902. The van der Waals surface area contributed by atoms with Gasteiger partial charge < -0.3 is 60.6 Å². The van der Waals surface area contributed by atoms with Gasteiger partial charge in [-0.15, -0.1) is 0 Å². The zero-order chi connectivity index (χ0) is 64.8. The summed E-state index contributed by atoms with van der Waals surface area (Å²) >= 11 is 6.43. The highest BCUT2D eigenvalue weighted by atomic mass is 35.5. The van der Waals surface area contributed by atoms with E-state index in [9.17, 15) is 18.8 Å². The molecule has 3 aliphatic heterocycles. The number of nitrogens with zero attached hydrogens (tertiary/aromatic N) is 15. The third-order valence-electron chi connectivity index (χ3n) is 14.6. The quantitative estimate of drug-likeness (QED) is 0.0668. The number of nitrogens with two attached hydrogens (primary N) is 3. The van der Waals surface area contributed by atoms with Gasteiger partial charge in [0, 0.05) is 71.6 Å². The molecular weight excluding hydrogens is 1150 g/mol. The van der Waals surface area contributed by atoms with Crippen molar-refractivity contribution >= 4 is 81.7 Å². The highest BCUT2D eigenvalue weighted by molar-refractivity contribution is 6.33. The number of aromatic nitrogens is 9. The van der Waals surface area contributed by atoms with Crippen LogP contribution in [0.5, 0.6) is 23.1 Å². The average molecular weight is 1240 g/mol. The fraction of sp³-hybridized carbons (Fsp3) is 0.500. The van der Waals surface area contributed by atoms with Crippen LogP contribution in [0.2, 0.25) is 5.15 Å². The molecule has 6 aromatic rings. The summed E-state index contributed by atoms with van der Waals surface area (Å²) in [5.41, 5.74) is 26.5. The summed E-state index contributed by atoms with van der Waals surface area (Å²) in [6, 6.07) is 0. The molecule has 0 saturated carbocycles. The van der Waals surface area contributed by atoms with E-state index in [1.807, 2.05) is 65.2 Å². The molecule has 0 aromatic carbocycles. The highest BCUT2D eigenvalue weighted by Gasteiger charge is 2.38. The molecule has 88 heavy (non-hydrogen) atoms. The predicted octanol–water partition coefficient (Wildman–Crippen LogP) is 7.00. The van der Waals surface area contributed by atoms with E-state index in [2.05, 4.69) is 84.8 Å². The number of halogens is 2. The Bertz CT molecular complexity index is 3570. The van der Waals surface area contributed by atoms with Gasteiger partial charge in [0.15, 0.2) is 22.6 Å². The van der Waals surface area contributed by atoms with Crippen molar-refractivity contribution in [2.45, 2.75) is 110 Å². The maximum Gasteiger partial charge on any atom is 0.247 e. The molecule has 6 aromatic heterocycles. The Morgan fingerprint density at radius 1 is 0.545 bits per heavy atom. The van der Waals surface area contributed by atoms with E-state index >= 15 is 0 Å². The number of nitrogen functional groups attached to an aromatic ring is 3. The number of carbonyl (C=O) groups is 3. The van der Waals surface area contributed by atoms with Gasteiger partial charge in [-0.1, -0.05) is 60.1 Å². The minimum atomic E-state index is -0.799. The van der Waals surface area contributed by atoms with Crippen molar-refractivity contribution in [1.29, 1.82) is 0 Å². The van der Waals surface area contributed by atoms with Crippen molar-refractivity contribution in [2.24, 2.45) is 17.3 Å². The van der Waals surface area contributed by atoms with Gasteiger partial charge in [-0.25, -0.2) is 0 Å². The lowest BCUT2D eigenvalue weighted by Crippen LogP contribution is -2.50. The summed E-state index contributed by atoms with van der Waals surface area (Å²) in [4.78, 5) is 87.4. The molecule has 0 aliphatic carbocycles. The second-order valence-corrected chi connectivity index (χ2v) is 24.2. The number of amides is 3. The summed E-state index contributed by atoms with van der Waals surface area (Å²) in [5.74, 6) is 3.20. The van der Waals surface area contributed by atoms with Gasteiger partial charge in [-0.05, 0) is 58.8 Å². The van der Waals surface area contributed by atoms with Crippen LogP contribution in [-0.2, 0) is 34.0 Å². The molecule has 0 atom stereocenters. The van der Waals surface area contributed by atoms with Crippen LogP contribution in [0.1, 0.15) is 98.9 Å². The topological polar surface area (TPSA) is 314 Å². The molecule has 0 bridgehead atoms. The summed E-state index contributed by atoms with van der Waals surface area (Å²) in [7, 11) is 6.39. The van der Waals surface area contributed by atoms with Crippen LogP contribution in [0.15, 0.2) is 18.6 Å². The third kappa shape index (κ3) is 15.0. The number of nitrogens with one attached hydrogen (secondary N) is 1. The van der Waals surface area contributed by atoms with Gasteiger partial charge in [0.25, 0.3) is 0 Å². The van der Waals surface area contributed by atoms with Crippen molar-refractivity contribution < 1.29 is 37.7 Å². The predicted molar refractivity (Wildman–Crippen MR) is 339 cm³/mol. The van der Waals surface area contributed by atoms with E-state index in [1.165, 1.54) is 12.0 Å². The van der Waals surface area contributed by atoms with Crippen molar-refractivity contribution in [2.75, 3.05) is 121 Å². The number of pyridine rings is 3. The number of ether oxygens (including phenoxy) is 4. The smallest absolute Gasteiger partial charge is 0.247 e. The lowest BCUT2D eigenvalue weighted by molar-refractivity contribution is -0.118. The van der Waals surface area contributed by atoms with Crippen LogP contribution < -0.4 is 70.9 Å². The molecule has 0 saturated heterocycles. The number of anilines is 9. The minimum absolute atomic E-state index is 0.0467. The largest absolute Gasteiger partial charge is 0.496 e. The van der Waals surface area contributed by atoms with Crippen LogP contribution in [0.3, 0.4) is 0 Å². The monoisotopic (exact) mass is 1240 g/mol. The Morgan fingerprint density at radius 3 is 1.30 bits per heavy atom. The molecule has 0 fully saturated rings. The van der Waals surface area contributed by atoms with E-state index in [-0.39, 0.29) is 95.7 Å². The van der Waals surface area contributed by atoms with E-state index in [0.717, 1.165) is 74.3 Å². The first-order valence-corrected chi connectivity index (χ1v) is 29.1. The molecule has 3 amide bonds. The SMILES string of the molecule is COc1c(C)cnc(CN2CC(=O)N(CC(C)C)c3c(F)nc(N)nc32)c1C.COc1c(C)cnc(CN2CC(=O)N(CNCC(C)(C)C)c3c(Cl)nc(N)nc32)c1C.COc1nc(N)nc2c1N(CC(C)C)C(=O)CN2Cc1ncc(C)c(OC)c1C. The summed E-state index contributed by atoms with van der Waals surface area (Å²) in [6.07, 6.45) is 5.25. The third-order valence-corrected chi connectivity index (χ3v) is 14.9. The summed E-state index contributed by atoms with van der Waals surface area (Å²) in [5, 5.41) is 3.46. The number of methoxy groups -OCH3 is 4. The number of hydrogen-bond acceptors (Lipinski definition) is 23. The van der Waals surface area contributed by atoms with Crippen molar-refractivity contribution in [1.82, 2.24) is 50.2 Å². The number of fused-ring (bicyclic) bond motifs is 3. The second kappa shape index (κ2) is 28.0. The first-order chi connectivity index (χ1) is 41.5. The molecule has 474 valence electrons. The standard InChI is InChI=1S/C21H30ClN7O2.C20H28N6O3.C19H25FN6O2/c1-12-7-25-14(13(2)17(12)31-6)8-28-9-15(30)29(11-24-10-21(3,4)5)16-18(22)26-20(23)27-19(16)28;1-11(2)8-26-15(27)10-25(18-16(26)19(29-6)24-20(21)23-18)9-14-13(4)17(28-5)12(3)7-22-14;1-10(2)7-26-14(27)9-25(18-15(26)17(20)23-19(21)24-18)8-13-12(4)16(28-5)11(3)6-22-13/h7,24H,8-11H2,1-6H3,(H2,23,26,27);7,11H,8-10H2,1-6H3,(H2,21,23,24);6,10H,7-9H2,1-5H3,(H2,21,23,24). The first-order valence-electron chi connectivity index (χ1n) is 28.7. The molecule has 9 heterocycles. The Hall–Kier alpha value is -8.72. The molecule has 0 spiro atoms. The Morgan fingerprint density at radius 2 is 0.909 bits per heavy atom. The van der Waals surface area contributed by atoms with Crippen LogP contribution >= 0.6 is 11.6 Å².